The number of anilines is 1. The minimum atomic E-state index is -3.70. The second-order valence-corrected chi connectivity index (χ2v) is 8.99. The van der Waals surface area contributed by atoms with Gasteiger partial charge in [0, 0.05) is 34.8 Å². The molecule has 0 radical (unpaired) electrons. The lowest BCUT2D eigenvalue weighted by atomic mass is 10.2. The molecule has 7 heteroatoms. The fraction of sp³-hybridized carbons (Fsp3) is 0.538. The molecule has 1 aliphatic heterocycles. The summed E-state index contributed by atoms with van der Waals surface area (Å²) in [7, 11) is -3.70. The first kappa shape index (κ1) is 15.6. The third-order valence-electron chi connectivity index (χ3n) is 3.32. The number of hydrogen-bond donors (Lipinski definition) is 1. The highest BCUT2D eigenvalue weighted by Crippen LogP contribution is 2.31. The number of sulfonamides is 1. The molecule has 1 saturated heterocycles. The van der Waals surface area contributed by atoms with Gasteiger partial charge < -0.3 is 5.73 Å². The van der Waals surface area contributed by atoms with Gasteiger partial charge in [0.2, 0.25) is 10.0 Å². The summed E-state index contributed by atoms with van der Waals surface area (Å²) in [5.41, 5.74) is 5.83. The van der Waals surface area contributed by atoms with Crippen LogP contribution in [0.3, 0.4) is 0 Å². The third-order valence-corrected chi connectivity index (χ3v) is 6.51. The highest BCUT2D eigenvalue weighted by atomic mass is 32.2. The molecule has 1 aromatic rings. The Labute approximate surface area is 123 Å². The molecule has 0 aliphatic carbocycles. The van der Waals surface area contributed by atoms with Crippen molar-refractivity contribution in [2.24, 2.45) is 0 Å². The Morgan fingerprint density at radius 1 is 1.30 bits per heavy atom. The molecule has 4 nitrogen and oxygen atoms in total. The van der Waals surface area contributed by atoms with E-state index in [9.17, 15) is 12.8 Å². The van der Waals surface area contributed by atoms with Crippen LogP contribution in [0.1, 0.15) is 19.4 Å². The summed E-state index contributed by atoms with van der Waals surface area (Å²) in [6, 6.07) is 2.48. The van der Waals surface area contributed by atoms with Crippen LogP contribution in [0.2, 0.25) is 0 Å². The maximum Gasteiger partial charge on any atom is 0.243 e. The van der Waals surface area contributed by atoms with Gasteiger partial charge in [-0.2, -0.15) is 16.1 Å². The number of halogens is 1. The Balaban J connectivity index is 2.45. The minimum absolute atomic E-state index is 0.0266. The zero-order valence-electron chi connectivity index (χ0n) is 11.8. The molecule has 112 valence electrons. The molecule has 0 aromatic heterocycles. The van der Waals surface area contributed by atoms with E-state index in [0.717, 1.165) is 6.07 Å². The highest BCUT2D eigenvalue weighted by molar-refractivity contribution is 8.00. The first-order valence-electron chi connectivity index (χ1n) is 6.43. The molecule has 2 N–H and O–H groups in total. The molecule has 0 saturated carbocycles. The van der Waals surface area contributed by atoms with E-state index in [1.54, 1.807) is 11.8 Å². The van der Waals surface area contributed by atoms with Crippen LogP contribution in [-0.2, 0) is 10.0 Å². The largest absolute Gasteiger partial charge is 0.399 e. The quantitative estimate of drug-likeness (QED) is 0.849. The van der Waals surface area contributed by atoms with E-state index in [2.05, 4.69) is 0 Å². The van der Waals surface area contributed by atoms with Crippen molar-refractivity contribution in [1.29, 1.82) is 0 Å². The Morgan fingerprint density at radius 2 is 1.85 bits per heavy atom. The van der Waals surface area contributed by atoms with Crippen molar-refractivity contribution in [2.45, 2.75) is 36.2 Å². The van der Waals surface area contributed by atoms with Crippen LogP contribution in [-0.4, -0.2) is 36.3 Å². The average Bonchev–Trinajstić information content (AvgIpc) is 2.32. The SMILES string of the molecule is Cc1c(F)cc(N)cc1S(=O)(=O)N1CC(C)SC(C)C1. The van der Waals surface area contributed by atoms with Crippen LogP contribution in [0, 0.1) is 12.7 Å². The molecule has 2 rings (SSSR count). The maximum atomic E-state index is 13.7. The summed E-state index contributed by atoms with van der Waals surface area (Å²) < 4.78 is 40.6. The normalized spacial score (nSPS) is 24.8. The fourth-order valence-electron chi connectivity index (χ4n) is 2.41. The van der Waals surface area contributed by atoms with Crippen LogP contribution >= 0.6 is 11.8 Å². The molecular formula is C13H19FN2O2S2. The molecule has 2 atom stereocenters. The number of benzene rings is 1. The number of rotatable bonds is 2. The van der Waals surface area contributed by atoms with Crippen molar-refractivity contribution < 1.29 is 12.8 Å². The molecular weight excluding hydrogens is 299 g/mol. The second-order valence-electron chi connectivity index (χ2n) is 5.21. The molecule has 2 unspecified atom stereocenters. The van der Waals surface area contributed by atoms with Gasteiger partial charge in [0.15, 0.2) is 0 Å². The molecule has 1 aromatic carbocycles. The van der Waals surface area contributed by atoms with Crippen molar-refractivity contribution in [2.75, 3.05) is 18.8 Å². The molecule has 0 amide bonds. The predicted octanol–water partition coefficient (Wildman–Crippen LogP) is 2.23. The van der Waals surface area contributed by atoms with Crippen LogP contribution in [0.4, 0.5) is 10.1 Å². The van der Waals surface area contributed by atoms with Crippen LogP contribution in [0.5, 0.6) is 0 Å². The summed E-state index contributed by atoms with van der Waals surface area (Å²) in [5, 5.41) is 0.444. The zero-order valence-corrected chi connectivity index (χ0v) is 13.4. The summed E-state index contributed by atoms with van der Waals surface area (Å²) in [4.78, 5) is -0.0266. The van der Waals surface area contributed by atoms with Crippen molar-refractivity contribution in [1.82, 2.24) is 4.31 Å². The smallest absolute Gasteiger partial charge is 0.243 e. The lowest BCUT2D eigenvalue weighted by Gasteiger charge is -2.34. The lowest BCUT2D eigenvalue weighted by Crippen LogP contribution is -2.44. The molecule has 0 bridgehead atoms. The third kappa shape index (κ3) is 2.94. The van der Waals surface area contributed by atoms with Crippen molar-refractivity contribution in [3.05, 3.63) is 23.5 Å². The van der Waals surface area contributed by atoms with Crippen LogP contribution in [0.15, 0.2) is 17.0 Å². The Kier molecular flexibility index (Phi) is 4.32. The van der Waals surface area contributed by atoms with E-state index in [1.807, 2.05) is 13.8 Å². The van der Waals surface area contributed by atoms with E-state index in [1.165, 1.54) is 17.3 Å². The average molecular weight is 318 g/mol. The molecule has 1 heterocycles. The van der Waals surface area contributed by atoms with Gasteiger partial charge in [-0.05, 0) is 19.1 Å². The standard InChI is InChI=1S/C13H19FN2O2S2/c1-8-6-16(7-9(2)19-8)20(17,18)13-5-11(15)4-12(14)10(13)3/h4-5,8-9H,6-7,15H2,1-3H3. The summed E-state index contributed by atoms with van der Waals surface area (Å²) in [5.74, 6) is -0.587. The number of hydrogen-bond acceptors (Lipinski definition) is 4. The summed E-state index contributed by atoms with van der Waals surface area (Å²) >= 11 is 1.76. The van der Waals surface area contributed by atoms with Crippen molar-refractivity contribution in [3.63, 3.8) is 0 Å². The van der Waals surface area contributed by atoms with Gasteiger partial charge >= 0.3 is 0 Å². The maximum absolute atomic E-state index is 13.7. The zero-order chi connectivity index (χ0) is 15.1. The number of nitrogen functional groups attached to an aromatic ring is 1. The van der Waals surface area contributed by atoms with E-state index >= 15 is 0 Å². The molecule has 0 spiro atoms. The molecule has 1 aliphatic rings. The van der Waals surface area contributed by atoms with Crippen molar-refractivity contribution >= 4 is 27.5 Å². The van der Waals surface area contributed by atoms with E-state index in [-0.39, 0.29) is 26.6 Å². The van der Waals surface area contributed by atoms with Crippen molar-refractivity contribution in [3.8, 4) is 0 Å². The van der Waals surface area contributed by atoms with Gasteiger partial charge in [-0.25, -0.2) is 12.8 Å². The Morgan fingerprint density at radius 3 is 2.40 bits per heavy atom. The van der Waals surface area contributed by atoms with Crippen LogP contribution < -0.4 is 5.73 Å². The van der Waals surface area contributed by atoms with Gasteiger partial charge in [0.1, 0.15) is 5.82 Å². The summed E-state index contributed by atoms with van der Waals surface area (Å²) in [6.45, 7) is 6.33. The highest BCUT2D eigenvalue weighted by Gasteiger charge is 2.33. The number of nitrogens with zero attached hydrogens (tertiary/aromatic N) is 1. The van der Waals surface area contributed by atoms with Gasteiger partial charge in [-0.1, -0.05) is 13.8 Å². The van der Waals surface area contributed by atoms with Gasteiger partial charge in [-0.15, -0.1) is 0 Å². The first-order valence-corrected chi connectivity index (χ1v) is 8.81. The van der Waals surface area contributed by atoms with Gasteiger partial charge in [0.25, 0.3) is 0 Å². The Bertz CT molecular complexity index is 609. The van der Waals surface area contributed by atoms with E-state index in [0.29, 0.717) is 13.1 Å². The van der Waals surface area contributed by atoms with Gasteiger partial charge in [-0.3, -0.25) is 0 Å². The Hall–Kier alpha value is -0.790. The number of nitrogens with two attached hydrogens (primary N) is 1. The first-order chi connectivity index (χ1) is 9.21. The minimum Gasteiger partial charge on any atom is -0.399 e. The fourth-order valence-corrected chi connectivity index (χ4v) is 5.81. The predicted molar refractivity (Wildman–Crippen MR) is 80.8 cm³/mol. The van der Waals surface area contributed by atoms with Gasteiger partial charge in [0.05, 0.1) is 4.90 Å². The monoisotopic (exact) mass is 318 g/mol. The second kappa shape index (κ2) is 5.54. The number of thioether (sulfide) groups is 1. The van der Waals surface area contributed by atoms with E-state index in [4.69, 9.17) is 5.73 Å². The van der Waals surface area contributed by atoms with E-state index < -0.39 is 15.8 Å². The molecule has 20 heavy (non-hydrogen) atoms. The molecule has 1 fully saturated rings. The van der Waals surface area contributed by atoms with Crippen LogP contribution in [0.25, 0.3) is 0 Å². The topological polar surface area (TPSA) is 63.4 Å². The lowest BCUT2D eigenvalue weighted by molar-refractivity contribution is 0.404. The summed E-state index contributed by atoms with van der Waals surface area (Å²) in [6.07, 6.45) is 0.